The molecule has 0 aliphatic carbocycles. The first-order valence-corrected chi connectivity index (χ1v) is 4.52. The van der Waals surface area contributed by atoms with E-state index in [1.54, 1.807) is 0 Å². The third-order valence-corrected chi connectivity index (χ3v) is 1.39. The van der Waals surface area contributed by atoms with Crippen molar-refractivity contribution in [2.75, 3.05) is 6.61 Å². The summed E-state index contributed by atoms with van der Waals surface area (Å²) in [6.45, 7) is 3.31. The van der Waals surface area contributed by atoms with Crippen LogP contribution in [0.25, 0.3) is 0 Å². The van der Waals surface area contributed by atoms with Gasteiger partial charge in [-0.25, -0.2) is 0 Å². The van der Waals surface area contributed by atoms with E-state index in [0.29, 0.717) is 0 Å². The van der Waals surface area contributed by atoms with Crippen molar-refractivity contribution in [3.8, 4) is 0 Å². The molecule has 0 saturated heterocycles. The summed E-state index contributed by atoms with van der Waals surface area (Å²) in [5.74, 6) is 0. The maximum atomic E-state index is 9.39. The fourth-order valence-electron chi connectivity index (χ4n) is 0.0598. The normalized spacial score (nSPS) is 10.8. The zero-order chi connectivity index (χ0) is 9.28. The van der Waals surface area contributed by atoms with Gasteiger partial charge in [0.1, 0.15) is 0 Å². The molecular weight excluding hydrogens is 194 g/mol. The Bertz CT molecular complexity index is 133. The Hall–Kier alpha value is -0.220. The predicted molar refractivity (Wildman–Crippen MR) is 38.0 cm³/mol. The van der Waals surface area contributed by atoms with Crippen LogP contribution < -0.4 is 0 Å². The molecule has 8 heteroatoms. The minimum atomic E-state index is -2.92. The Kier molecular flexibility index (Phi) is 11.9. The van der Waals surface area contributed by atoms with E-state index in [4.69, 9.17) is 14.9 Å². The summed E-state index contributed by atoms with van der Waals surface area (Å²) in [6.07, 6.45) is 1.43. The van der Waals surface area contributed by atoms with Crippen molar-refractivity contribution in [1.29, 1.82) is 0 Å². The highest BCUT2D eigenvalue weighted by Crippen LogP contribution is 2.30. The van der Waals surface area contributed by atoms with Crippen molar-refractivity contribution in [3.05, 3.63) is 12.7 Å². The monoisotopic (exact) mass is 202 g/mol. The number of rotatable bonds is 3. The van der Waals surface area contributed by atoms with Gasteiger partial charge in [-0.1, -0.05) is 6.08 Å². The van der Waals surface area contributed by atoms with E-state index in [1.165, 1.54) is 6.08 Å². The largest absolute Gasteiger partial charge is 0.745 e. The van der Waals surface area contributed by atoms with Gasteiger partial charge in [-0.2, -0.15) is 0 Å². The Balaban J connectivity index is 0. The van der Waals surface area contributed by atoms with Gasteiger partial charge >= 0.3 is 16.5 Å². The second-order valence-corrected chi connectivity index (χ2v) is 2.63. The predicted octanol–water partition coefficient (Wildman–Crippen LogP) is 0.467. The Morgan fingerprint density at radius 3 is 1.64 bits per heavy atom. The van der Waals surface area contributed by atoms with Crippen molar-refractivity contribution < 1.29 is 28.3 Å². The number of aliphatic hydroxyl groups excluding tert-OH is 1. The van der Waals surface area contributed by atoms with Gasteiger partial charge in [-0.15, -0.1) is 16.4 Å². The molecule has 0 aliphatic heterocycles. The maximum absolute atomic E-state index is 9.39. The summed E-state index contributed by atoms with van der Waals surface area (Å²) in [6, 6.07) is 0. The van der Waals surface area contributed by atoms with Gasteiger partial charge in [0.05, 0.1) is 6.61 Å². The van der Waals surface area contributed by atoms with E-state index in [2.05, 4.69) is 10.9 Å². The molecule has 0 aromatic rings. The Labute approximate surface area is 65.0 Å². The van der Waals surface area contributed by atoms with Crippen LogP contribution >= 0.6 is 16.5 Å². The van der Waals surface area contributed by atoms with Crippen molar-refractivity contribution >= 4 is 16.5 Å². The quantitative estimate of drug-likeness (QED) is 0.453. The summed E-state index contributed by atoms with van der Waals surface area (Å²) in [7, 11) is -5.85. The lowest BCUT2D eigenvalue weighted by Gasteiger charge is -1.60. The average Bonchev–Trinajstić information content (AvgIpc) is 1.85. The maximum Gasteiger partial charge on any atom is 0.745 e. The Morgan fingerprint density at radius 2 is 1.64 bits per heavy atom. The molecule has 0 heterocycles. The standard InChI is InChI=1S/C3H6O.O5P2/c1-2-3-4;1-6(2)5-7(3)4/h2,4H,1,3H2;/p+2. The first-order valence-electron chi connectivity index (χ1n) is 2.26. The molecule has 0 radical (unpaired) electrons. The minimum Gasteiger partial charge on any atom is -0.392 e. The smallest absolute Gasteiger partial charge is 0.392 e. The van der Waals surface area contributed by atoms with Crippen LogP contribution in [-0.4, -0.2) is 21.5 Å². The number of hydrogen-bond acceptors (Lipinski definition) is 4. The Morgan fingerprint density at radius 1 is 1.36 bits per heavy atom. The lowest BCUT2D eigenvalue weighted by atomic mass is 10.7. The third-order valence-electron chi connectivity index (χ3n) is 0.269. The highest BCUT2D eigenvalue weighted by Gasteiger charge is 2.31. The van der Waals surface area contributed by atoms with Crippen LogP contribution in [0.1, 0.15) is 0 Å². The molecule has 0 aromatic carbocycles. The fourth-order valence-corrected chi connectivity index (χ4v) is 0.538. The molecule has 0 bridgehead atoms. The molecule has 3 N–H and O–H groups in total. The number of hydrogen-bond donors (Lipinski definition) is 3. The van der Waals surface area contributed by atoms with Gasteiger partial charge in [0, 0.05) is 9.13 Å². The third kappa shape index (κ3) is 25.9. The minimum absolute atomic E-state index is 0.0833. The van der Waals surface area contributed by atoms with Crippen LogP contribution in [0.2, 0.25) is 0 Å². The highest BCUT2D eigenvalue weighted by atomic mass is 31.2. The van der Waals surface area contributed by atoms with Gasteiger partial charge < -0.3 is 5.11 Å². The lowest BCUT2D eigenvalue weighted by molar-refractivity contribution is 0.343. The van der Waals surface area contributed by atoms with Crippen LogP contribution in [0.5, 0.6) is 0 Å². The van der Waals surface area contributed by atoms with Crippen LogP contribution in [0, 0.1) is 0 Å². The average molecular weight is 202 g/mol. The van der Waals surface area contributed by atoms with Crippen molar-refractivity contribution in [2.24, 2.45) is 0 Å². The first kappa shape index (κ1) is 13.4. The van der Waals surface area contributed by atoms with E-state index in [-0.39, 0.29) is 6.61 Å². The van der Waals surface area contributed by atoms with Crippen LogP contribution in [-0.2, 0) is 13.4 Å². The second kappa shape index (κ2) is 9.78. The van der Waals surface area contributed by atoms with Crippen LogP contribution in [0.4, 0.5) is 0 Å². The molecule has 0 fully saturated rings. The summed E-state index contributed by atoms with van der Waals surface area (Å²) in [4.78, 5) is 15.3. The molecule has 6 nitrogen and oxygen atoms in total. The van der Waals surface area contributed by atoms with Crippen molar-refractivity contribution in [3.63, 3.8) is 0 Å². The van der Waals surface area contributed by atoms with E-state index in [0.717, 1.165) is 0 Å². The summed E-state index contributed by atoms with van der Waals surface area (Å²) in [5, 5.41) is 7.76. The molecule has 0 aromatic heterocycles. The van der Waals surface area contributed by atoms with Gasteiger partial charge in [0.2, 0.25) is 0 Å². The van der Waals surface area contributed by atoms with Crippen molar-refractivity contribution in [2.45, 2.75) is 0 Å². The molecule has 0 spiro atoms. The first-order chi connectivity index (χ1) is 5.04. The molecule has 11 heavy (non-hydrogen) atoms. The summed E-state index contributed by atoms with van der Waals surface area (Å²) < 4.78 is 22.2. The molecule has 64 valence electrons. The molecule has 0 rings (SSSR count). The second-order valence-electron chi connectivity index (χ2n) is 1.03. The number of aliphatic hydroxyl groups is 1. The van der Waals surface area contributed by atoms with Crippen LogP contribution in [0.15, 0.2) is 12.7 Å². The van der Waals surface area contributed by atoms with E-state index in [9.17, 15) is 9.13 Å². The molecule has 0 saturated carbocycles. The fraction of sp³-hybridized carbons (Fsp3) is 0.333. The van der Waals surface area contributed by atoms with E-state index >= 15 is 0 Å². The molecule has 0 aliphatic rings. The van der Waals surface area contributed by atoms with Gasteiger partial charge in [-0.3, -0.25) is 0 Å². The van der Waals surface area contributed by atoms with E-state index < -0.39 is 16.5 Å². The van der Waals surface area contributed by atoms with Gasteiger partial charge in [0.15, 0.2) is 4.31 Å². The topological polar surface area (TPSA) is 104 Å². The van der Waals surface area contributed by atoms with Crippen LogP contribution in [0.3, 0.4) is 0 Å². The zero-order valence-corrected chi connectivity index (χ0v) is 7.24. The molecule has 2 unspecified atom stereocenters. The van der Waals surface area contributed by atoms with E-state index in [1.807, 2.05) is 0 Å². The molecule has 2 atom stereocenters. The summed E-state index contributed by atoms with van der Waals surface area (Å²) >= 11 is 0. The lowest BCUT2D eigenvalue weighted by Crippen LogP contribution is -1.62. The van der Waals surface area contributed by atoms with Gasteiger partial charge in [0.25, 0.3) is 0 Å². The van der Waals surface area contributed by atoms with Gasteiger partial charge in [-0.05, 0) is 0 Å². The molecular formula is C3H8O6P2+2. The summed E-state index contributed by atoms with van der Waals surface area (Å²) in [5.41, 5.74) is 0. The SMILES string of the molecule is C=CCO.O=[P+](O)O[P+](=O)O. The zero-order valence-electron chi connectivity index (χ0n) is 5.45. The molecule has 0 amide bonds. The van der Waals surface area contributed by atoms with Crippen molar-refractivity contribution in [1.82, 2.24) is 0 Å². The highest BCUT2D eigenvalue weighted by molar-refractivity contribution is 7.46.